The molecule has 5 aromatic rings. The Bertz CT molecular complexity index is 2720. The van der Waals surface area contributed by atoms with E-state index in [1.165, 1.54) is 27.8 Å². The van der Waals surface area contributed by atoms with Crippen LogP contribution in [0.15, 0.2) is 121 Å². The number of nitrogens with two attached hydrogens (primary N) is 1. The number of aliphatic hydroxyl groups excluding tert-OH is 3. The molecule has 2 aliphatic rings. The van der Waals surface area contributed by atoms with E-state index < -0.39 is 36.2 Å². The first-order valence-corrected chi connectivity index (χ1v) is 35.6. The fourth-order valence-corrected chi connectivity index (χ4v) is 7.43. The van der Waals surface area contributed by atoms with Crippen molar-refractivity contribution in [1.29, 1.82) is 0 Å². The molecular formula is C77H123Cl2N3O23. The molecule has 26 nitrogen and oxygen atoms in total. The number of halogens is 2. The number of epoxide rings is 2. The van der Waals surface area contributed by atoms with Crippen LogP contribution in [0.25, 0.3) is 0 Å². The van der Waals surface area contributed by atoms with E-state index in [1.807, 2.05) is 139 Å². The summed E-state index contributed by atoms with van der Waals surface area (Å²) in [4.78, 5) is 38.3. The van der Waals surface area contributed by atoms with E-state index in [9.17, 15) is 34.5 Å². The summed E-state index contributed by atoms with van der Waals surface area (Å²) in [5, 5.41) is 67.6. The maximum atomic E-state index is 9.73. The van der Waals surface area contributed by atoms with Crippen LogP contribution < -0.4 is 35.3 Å². The van der Waals surface area contributed by atoms with Crippen molar-refractivity contribution < 1.29 is 113 Å². The molecule has 2 heterocycles. The van der Waals surface area contributed by atoms with Crippen LogP contribution in [-0.2, 0) is 84.4 Å². The first kappa shape index (κ1) is 102. The molecule has 0 aliphatic carbocycles. The van der Waals surface area contributed by atoms with Gasteiger partial charge in [0, 0.05) is 67.1 Å². The Balaban J connectivity index is -0.00000115. The Morgan fingerprint density at radius 3 is 0.952 bits per heavy atom. The number of aliphatic carboxylic acids is 3. The minimum atomic E-state index is -1.08. The second-order valence-electron chi connectivity index (χ2n) is 24.1. The van der Waals surface area contributed by atoms with Gasteiger partial charge in [0.1, 0.15) is 85.9 Å². The van der Waals surface area contributed by atoms with Gasteiger partial charge in [-0.05, 0) is 127 Å². The van der Waals surface area contributed by atoms with Gasteiger partial charge in [-0.1, -0.05) is 102 Å². The molecule has 0 amide bonds. The Morgan fingerprint density at radius 2 is 0.743 bits per heavy atom. The molecule has 5 aromatic carbocycles. The lowest BCUT2D eigenvalue weighted by Crippen LogP contribution is -2.35. The number of aromatic hydroxyl groups is 1. The number of carbonyl (C=O) groups excluding carboxylic acids is 1. The van der Waals surface area contributed by atoms with Crippen LogP contribution in [0, 0.1) is 0 Å². The van der Waals surface area contributed by atoms with E-state index in [4.69, 9.17) is 101 Å². The van der Waals surface area contributed by atoms with Crippen molar-refractivity contribution in [2.24, 2.45) is 5.73 Å². The van der Waals surface area contributed by atoms with Gasteiger partial charge in [0.15, 0.2) is 0 Å². The predicted molar refractivity (Wildman–Crippen MR) is 409 cm³/mol. The molecule has 105 heavy (non-hydrogen) atoms. The summed E-state index contributed by atoms with van der Waals surface area (Å²) in [6.45, 7) is 20.0. The zero-order valence-corrected chi connectivity index (χ0v) is 64.8. The number of nitrogens with one attached hydrogen (secondary N) is 2. The lowest BCUT2D eigenvalue weighted by molar-refractivity contribution is -0.143. The smallest absolute Gasteiger partial charge is 0.303 e. The van der Waals surface area contributed by atoms with Gasteiger partial charge in [0.25, 0.3) is 0 Å². The highest BCUT2D eigenvalue weighted by Gasteiger charge is 2.23. The van der Waals surface area contributed by atoms with Gasteiger partial charge in [0.2, 0.25) is 0 Å². The molecule has 7 rings (SSSR count). The van der Waals surface area contributed by atoms with Crippen LogP contribution in [0.2, 0.25) is 0 Å². The molecule has 598 valence electrons. The van der Waals surface area contributed by atoms with Crippen LogP contribution in [-0.4, -0.2) is 247 Å². The molecule has 0 bridgehead atoms. The molecule has 0 saturated carbocycles. The molecule has 2 fully saturated rings. The van der Waals surface area contributed by atoms with Crippen LogP contribution in [0.1, 0.15) is 95.0 Å². The Morgan fingerprint density at radius 1 is 0.476 bits per heavy atom. The summed E-state index contributed by atoms with van der Waals surface area (Å²) in [6, 6.07) is 39.9. The SMILES string of the molecule is CC(C)N.COCCc1ccc(O)cc1.COCCc1ccc(OCC(O)CCl)cc1.COCCc1ccc(OCC(O)CNC(C)C)cc1.COCCc1ccc(OCC(O)CNC(C)C)cc1.COCCc1ccc(OCC2CO2)cc1.ClCC1CO1.O.O=C(O)CCC(=O)O.O=CCCC(=O)O. The van der Waals surface area contributed by atoms with Crippen molar-refractivity contribution in [1.82, 2.24) is 10.6 Å². The number of ether oxygens (including phenoxy) is 11. The largest absolute Gasteiger partial charge is 0.508 e. The third kappa shape index (κ3) is 70.0. The Labute approximate surface area is 632 Å². The highest BCUT2D eigenvalue weighted by Crippen LogP contribution is 2.18. The number of carboxylic acid groups (broad SMARTS) is 3. The first-order valence-electron chi connectivity index (χ1n) is 34.6. The van der Waals surface area contributed by atoms with E-state index >= 15 is 0 Å². The Hall–Kier alpha value is -6.80. The van der Waals surface area contributed by atoms with Crippen LogP contribution in [0.3, 0.4) is 0 Å². The second kappa shape index (κ2) is 69.0. The average molecular weight is 1530 g/mol. The van der Waals surface area contributed by atoms with Gasteiger partial charge in [0.05, 0.1) is 83.4 Å². The lowest BCUT2D eigenvalue weighted by atomic mass is 10.1. The molecule has 2 saturated heterocycles. The molecule has 28 heteroatoms. The number of carbonyl (C=O) groups is 4. The third-order valence-corrected chi connectivity index (χ3v) is 13.8. The van der Waals surface area contributed by atoms with Crippen molar-refractivity contribution in [3.8, 4) is 28.7 Å². The van der Waals surface area contributed by atoms with Gasteiger partial charge < -0.3 is 114 Å². The standard InChI is InChI=1S/2C15H25NO3.C12H17ClO3.C12H16O3.C9H12O2.C4H6O4.C4H6O3.C3H5ClO.C3H9N.H2O/c2*1-12(2)16-10-14(17)11-19-15-6-4-13(5-7-15)8-9-18-3;1-15-7-6-10-2-4-12(5-3-10)16-9-11(14)8-13;1-13-7-6-10-2-4-11(5-3-10)14-8-12-9-15-12;1-11-7-6-8-2-4-9(10)5-3-8;5-3(6)1-2-4(7)8;5-3-1-2-4(6)7;4-1-3-2-5-3;1-3(2)4;/h2*4-7,12,14,16-17H,8-11H2,1-3H3;2-5,11,14H,6-9H2,1H3;2-5,12H,6-9H2,1H3;2-5,10H,6-7H2,1H3;1-2H2,(H,5,6)(H,7,8);3H,1-2H2,(H,6,7);3H,1-2H2;3H,4H2,1-2H3;1H2. The molecular weight excluding hydrogens is 1410 g/mol. The summed E-state index contributed by atoms with van der Waals surface area (Å²) in [5.74, 6) is 1.30. The van der Waals surface area contributed by atoms with Crippen molar-refractivity contribution in [3.63, 3.8) is 0 Å². The molecule has 5 unspecified atom stereocenters. The zero-order valence-electron chi connectivity index (χ0n) is 63.3. The molecule has 0 aromatic heterocycles. The summed E-state index contributed by atoms with van der Waals surface area (Å²) >= 11 is 10.7. The fourth-order valence-electron chi connectivity index (χ4n) is 7.16. The number of phenols is 1. The number of benzene rings is 5. The van der Waals surface area contributed by atoms with E-state index in [0.29, 0.717) is 87.8 Å². The van der Waals surface area contributed by atoms with Gasteiger partial charge in [-0.2, -0.15) is 0 Å². The minimum absolute atomic E-state index is 0. The van der Waals surface area contributed by atoms with E-state index in [0.717, 1.165) is 94.7 Å². The quantitative estimate of drug-likeness (QED) is 0.00996. The number of alkyl halides is 2. The van der Waals surface area contributed by atoms with Gasteiger partial charge in [-0.15, -0.1) is 23.2 Å². The highest BCUT2D eigenvalue weighted by atomic mass is 35.5. The van der Waals surface area contributed by atoms with Crippen molar-refractivity contribution >= 4 is 47.4 Å². The van der Waals surface area contributed by atoms with Gasteiger partial charge in [-0.3, -0.25) is 14.4 Å². The third-order valence-electron chi connectivity index (χ3n) is 13.1. The summed E-state index contributed by atoms with van der Waals surface area (Å²) in [7, 11) is 8.48. The maximum Gasteiger partial charge on any atom is 0.303 e. The second-order valence-corrected chi connectivity index (χ2v) is 24.8. The molecule has 2 aliphatic heterocycles. The van der Waals surface area contributed by atoms with Crippen molar-refractivity contribution in [2.45, 2.75) is 148 Å². The predicted octanol–water partition coefficient (Wildman–Crippen LogP) is 8.45. The zero-order chi connectivity index (χ0) is 78.1. The van der Waals surface area contributed by atoms with Gasteiger partial charge >= 0.3 is 17.9 Å². The number of hydrogen-bond donors (Lipinski definition) is 10. The summed E-state index contributed by atoms with van der Waals surface area (Å²) in [6.07, 6.45) is 3.73. The van der Waals surface area contributed by atoms with E-state index in [-0.39, 0.29) is 43.6 Å². The van der Waals surface area contributed by atoms with Gasteiger partial charge in [-0.25, -0.2) is 0 Å². The molecule has 0 radical (unpaired) electrons. The fraction of sp³-hybridized carbons (Fsp3) is 0.558. The van der Waals surface area contributed by atoms with Crippen LogP contribution in [0.4, 0.5) is 0 Å². The number of rotatable bonds is 41. The monoisotopic (exact) mass is 1530 g/mol. The minimum Gasteiger partial charge on any atom is -0.508 e. The number of carboxylic acids is 3. The van der Waals surface area contributed by atoms with Crippen LogP contribution >= 0.6 is 23.2 Å². The lowest BCUT2D eigenvalue weighted by Gasteiger charge is -2.15. The summed E-state index contributed by atoms with van der Waals surface area (Å²) < 4.78 is 56.7. The molecule has 0 spiro atoms. The number of aldehydes is 1. The van der Waals surface area contributed by atoms with E-state index in [2.05, 4.69) is 22.8 Å². The van der Waals surface area contributed by atoms with Crippen molar-refractivity contribution in [2.75, 3.05) is 133 Å². The number of hydrogen-bond acceptors (Lipinski definition) is 22. The number of aliphatic hydroxyl groups is 3. The maximum absolute atomic E-state index is 9.73. The first-order chi connectivity index (χ1) is 49.8. The normalized spacial score (nSPS) is 13.4. The van der Waals surface area contributed by atoms with E-state index in [1.54, 1.807) is 47.7 Å². The number of methoxy groups -OCH3 is 5. The molecule has 5 atom stereocenters. The summed E-state index contributed by atoms with van der Waals surface area (Å²) in [5.41, 5.74) is 11.2. The Kier molecular flexibility index (Phi) is 67.2. The van der Waals surface area contributed by atoms with Crippen molar-refractivity contribution in [3.05, 3.63) is 149 Å². The molecule has 13 N–H and O–H groups in total. The number of phenolic OH excluding ortho intramolecular Hbond substituents is 1. The van der Waals surface area contributed by atoms with Crippen LogP contribution in [0.5, 0.6) is 28.7 Å². The highest BCUT2D eigenvalue weighted by molar-refractivity contribution is 6.18. The topological polar surface area (TPSA) is 400 Å². The average Bonchev–Trinajstić information content (AvgIpc) is 1.80.